The highest BCUT2D eigenvalue weighted by molar-refractivity contribution is 6.30. The molecule has 3 nitrogen and oxygen atoms in total. The van der Waals surface area contributed by atoms with E-state index in [1.54, 1.807) is 12.1 Å². The molecule has 120 valence electrons. The van der Waals surface area contributed by atoms with Crippen LogP contribution in [0, 0.1) is 5.92 Å². The molecule has 0 aliphatic heterocycles. The van der Waals surface area contributed by atoms with Gasteiger partial charge in [0.25, 0.3) is 5.91 Å². The van der Waals surface area contributed by atoms with E-state index in [-0.39, 0.29) is 5.91 Å². The Morgan fingerprint density at radius 2 is 2.09 bits per heavy atom. The second kappa shape index (κ2) is 5.72. The molecule has 4 heteroatoms. The number of carbonyl (C=O) groups is 1. The second-order valence-electron chi connectivity index (χ2n) is 6.80. The number of carbonyl (C=O) groups excluding carboxylic acids is 1. The van der Waals surface area contributed by atoms with Crippen LogP contribution in [0.25, 0.3) is 0 Å². The van der Waals surface area contributed by atoms with Gasteiger partial charge in [0.05, 0.1) is 6.54 Å². The van der Waals surface area contributed by atoms with Gasteiger partial charge in [0, 0.05) is 22.5 Å². The molecule has 0 unspecified atom stereocenters. The first-order valence-electron chi connectivity index (χ1n) is 8.27. The lowest BCUT2D eigenvalue weighted by atomic mass is 10.2. The van der Waals surface area contributed by atoms with Gasteiger partial charge in [-0.15, -0.1) is 0 Å². The molecule has 2 aromatic rings. The number of furan rings is 1. The molecule has 0 spiro atoms. The van der Waals surface area contributed by atoms with Crippen LogP contribution in [0.15, 0.2) is 40.8 Å². The number of rotatable bonds is 5. The van der Waals surface area contributed by atoms with Gasteiger partial charge in [-0.25, -0.2) is 0 Å². The lowest BCUT2D eigenvalue weighted by molar-refractivity contribution is 0.0716. The monoisotopic (exact) mass is 329 g/mol. The first-order chi connectivity index (χ1) is 11.1. The molecule has 1 aromatic carbocycles. The maximum absolute atomic E-state index is 12.8. The molecule has 2 atom stereocenters. The van der Waals surface area contributed by atoms with Gasteiger partial charge < -0.3 is 9.32 Å². The zero-order valence-corrected chi connectivity index (χ0v) is 13.9. The Morgan fingerprint density at radius 1 is 1.30 bits per heavy atom. The van der Waals surface area contributed by atoms with Crippen molar-refractivity contribution in [3.05, 3.63) is 58.5 Å². The maximum atomic E-state index is 12.8. The van der Waals surface area contributed by atoms with Gasteiger partial charge in [-0.05, 0) is 55.5 Å². The van der Waals surface area contributed by atoms with E-state index in [1.807, 2.05) is 23.1 Å². The van der Waals surface area contributed by atoms with Crippen LogP contribution in [0.2, 0.25) is 5.02 Å². The van der Waals surface area contributed by atoms with E-state index in [0.717, 1.165) is 30.3 Å². The van der Waals surface area contributed by atoms with Gasteiger partial charge in [0.1, 0.15) is 11.5 Å². The normalized spacial score (nSPS) is 22.9. The number of nitrogens with zero attached hydrogens (tertiary/aromatic N) is 1. The third kappa shape index (κ3) is 3.16. The highest BCUT2D eigenvalue weighted by Crippen LogP contribution is 2.47. The molecule has 1 aromatic heterocycles. The lowest BCUT2D eigenvalue weighted by Crippen LogP contribution is -2.32. The topological polar surface area (TPSA) is 33.5 Å². The van der Waals surface area contributed by atoms with Crippen LogP contribution in [-0.4, -0.2) is 16.8 Å². The van der Waals surface area contributed by atoms with Crippen LogP contribution >= 0.6 is 11.6 Å². The van der Waals surface area contributed by atoms with Gasteiger partial charge >= 0.3 is 0 Å². The highest BCUT2D eigenvalue weighted by atomic mass is 35.5. The molecule has 0 bridgehead atoms. The summed E-state index contributed by atoms with van der Waals surface area (Å²) < 4.78 is 5.98. The van der Waals surface area contributed by atoms with Crippen LogP contribution < -0.4 is 0 Å². The molecular weight excluding hydrogens is 310 g/mol. The first kappa shape index (κ1) is 14.8. The zero-order chi connectivity index (χ0) is 16.0. The summed E-state index contributed by atoms with van der Waals surface area (Å²) in [6, 6.07) is 11.6. The second-order valence-corrected chi connectivity index (χ2v) is 7.23. The average molecular weight is 330 g/mol. The minimum atomic E-state index is 0.0349. The summed E-state index contributed by atoms with van der Waals surface area (Å²) >= 11 is 6.02. The highest BCUT2D eigenvalue weighted by Gasteiger charge is 2.37. The molecular formula is C19H20ClNO2. The van der Waals surface area contributed by atoms with E-state index in [2.05, 4.69) is 13.0 Å². The summed E-state index contributed by atoms with van der Waals surface area (Å²) in [5.74, 6) is 3.27. The van der Waals surface area contributed by atoms with Crippen molar-refractivity contribution < 1.29 is 9.21 Å². The van der Waals surface area contributed by atoms with Crippen molar-refractivity contribution in [1.29, 1.82) is 0 Å². The smallest absolute Gasteiger partial charge is 0.254 e. The van der Waals surface area contributed by atoms with E-state index in [1.165, 1.54) is 6.42 Å². The standard InChI is InChI=1S/C19H20ClNO2/c1-12-9-17(12)18-8-7-16(23-18)11-21(15-5-6-15)19(22)13-3-2-4-14(20)10-13/h2-4,7-8,10,12,15,17H,5-6,9,11H2,1H3/t12-,17+/m1/s1. The van der Waals surface area contributed by atoms with Crippen LogP contribution in [0.1, 0.15) is 54.0 Å². The van der Waals surface area contributed by atoms with Gasteiger partial charge in [0.15, 0.2) is 0 Å². The summed E-state index contributed by atoms with van der Waals surface area (Å²) in [6.07, 6.45) is 3.35. The van der Waals surface area contributed by atoms with Crippen LogP contribution in [0.4, 0.5) is 0 Å². The van der Waals surface area contributed by atoms with Crippen LogP contribution in [0.3, 0.4) is 0 Å². The fourth-order valence-corrected chi connectivity index (χ4v) is 3.30. The molecule has 4 rings (SSSR count). The largest absolute Gasteiger partial charge is 0.464 e. The molecule has 0 N–H and O–H groups in total. The fourth-order valence-electron chi connectivity index (χ4n) is 3.11. The Labute approximate surface area is 141 Å². The molecule has 2 aliphatic carbocycles. The third-order valence-electron chi connectivity index (χ3n) is 4.80. The van der Waals surface area contributed by atoms with Crippen molar-refractivity contribution in [1.82, 2.24) is 4.90 Å². The van der Waals surface area contributed by atoms with E-state index < -0.39 is 0 Å². The van der Waals surface area contributed by atoms with Crippen molar-refractivity contribution in [2.24, 2.45) is 5.92 Å². The Kier molecular flexibility index (Phi) is 3.68. The lowest BCUT2D eigenvalue weighted by Gasteiger charge is -2.21. The van der Waals surface area contributed by atoms with E-state index in [9.17, 15) is 4.79 Å². The molecule has 1 heterocycles. The van der Waals surface area contributed by atoms with Gasteiger partial charge in [-0.3, -0.25) is 4.79 Å². The van der Waals surface area contributed by atoms with Crippen molar-refractivity contribution >= 4 is 17.5 Å². The number of hydrogen-bond acceptors (Lipinski definition) is 2. The average Bonchev–Trinajstić information content (AvgIpc) is 3.45. The Balaban J connectivity index is 1.52. The number of benzene rings is 1. The van der Waals surface area contributed by atoms with E-state index in [4.69, 9.17) is 16.0 Å². The predicted molar refractivity (Wildman–Crippen MR) is 89.6 cm³/mol. The fraction of sp³-hybridized carbons (Fsp3) is 0.421. The molecule has 23 heavy (non-hydrogen) atoms. The number of amides is 1. The molecule has 0 saturated heterocycles. The van der Waals surface area contributed by atoms with Crippen molar-refractivity contribution in [3.63, 3.8) is 0 Å². The molecule has 2 aliphatic rings. The molecule has 2 fully saturated rings. The Bertz CT molecular complexity index is 734. The summed E-state index contributed by atoms with van der Waals surface area (Å²) in [5.41, 5.74) is 0.645. The van der Waals surface area contributed by atoms with Crippen molar-refractivity contribution in [2.45, 2.75) is 44.7 Å². The maximum Gasteiger partial charge on any atom is 0.254 e. The van der Waals surface area contributed by atoms with Crippen LogP contribution in [0.5, 0.6) is 0 Å². The minimum absolute atomic E-state index is 0.0349. The number of hydrogen-bond donors (Lipinski definition) is 0. The summed E-state index contributed by atoms with van der Waals surface area (Å²) in [6.45, 7) is 2.78. The summed E-state index contributed by atoms with van der Waals surface area (Å²) in [4.78, 5) is 14.7. The SMILES string of the molecule is C[C@@H]1C[C@@H]1c1ccc(CN(C(=O)c2cccc(Cl)c2)C2CC2)o1. The number of halogens is 1. The molecule has 0 radical (unpaired) electrons. The van der Waals surface area contributed by atoms with E-state index >= 15 is 0 Å². The quantitative estimate of drug-likeness (QED) is 0.784. The Morgan fingerprint density at radius 3 is 2.74 bits per heavy atom. The summed E-state index contributed by atoms with van der Waals surface area (Å²) in [5, 5.41) is 0.592. The first-order valence-corrected chi connectivity index (χ1v) is 8.65. The van der Waals surface area contributed by atoms with Gasteiger partial charge in [-0.2, -0.15) is 0 Å². The third-order valence-corrected chi connectivity index (χ3v) is 5.04. The van der Waals surface area contributed by atoms with Crippen molar-refractivity contribution in [3.8, 4) is 0 Å². The van der Waals surface area contributed by atoms with Crippen molar-refractivity contribution in [2.75, 3.05) is 0 Å². The zero-order valence-electron chi connectivity index (χ0n) is 13.2. The molecule has 1 amide bonds. The predicted octanol–water partition coefficient (Wildman–Crippen LogP) is 4.86. The van der Waals surface area contributed by atoms with Crippen LogP contribution in [-0.2, 0) is 6.54 Å². The van der Waals surface area contributed by atoms with Gasteiger partial charge in [0.2, 0.25) is 0 Å². The summed E-state index contributed by atoms with van der Waals surface area (Å²) in [7, 11) is 0. The minimum Gasteiger partial charge on any atom is -0.464 e. The molecule has 2 saturated carbocycles. The van der Waals surface area contributed by atoms with Gasteiger partial charge in [-0.1, -0.05) is 24.6 Å². The Hall–Kier alpha value is -1.74. The van der Waals surface area contributed by atoms with E-state index in [0.29, 0.717) is 29.1 Å².